The van der Waals surface area contributed by atoms with Crippen LogP contribution in [0.5, 0.6) is 5.75 Å². The molecule has 1 aromatic heterocycles. The van der Waals surface area contributed by atoms with E-state index in [1.54, 1.807) is 31.4 Å². The number of rotatable bonds is 6. The van der Waals surface area contributed by atoms with Gasteiger partial charge < -0.3 is 20.5 Å². The van der Waals surface area contributed by atoms with Crippen LogP contribution in [-0.4, -0.2) is 36.4 Å². The van der Waals surface area contributed by atoms with Crippen molar-refractivity contribution in [2.45, 2.75) is 0 Å². The van der Waals surface area contributed by atoms with E-state index < -0.39 is 0 Å². The minimum atomic E-state index is -0.353. The van der Waals surface area contributed by atoms with Gasteiger partial charge in [0.1, 0.15) is 18.1 Å². The van der Waals surface area contributed by atoms with Gasteiger partial charge in [-0.25, -0.2) is 0 Å². The summed E-state index contributed by atoms with van der Waals surface area (Å²) in [4.78, 5) is 11.9. The molecule has 0 aliphatic rings. The van der Waals surface area contributed by atoms with Gasteiger partial charge in [-0.05, 0) is 12.1 Å². The van der Waals surface area contributed by atoms with Crippen LogP contribution in [-0.2, 0) is 4.74 Å². The number of hydrogen-bond acceptors (Lipinski definition) is 5. The monoisotopic (exact) mass is 276 g/mol. The van der Waals surface area contributed by atoms with E-state index in [4.69, 9.17) is 15.2 Å². The molecule has 4 N–H and O–H groups in total. The predicted octanol–water partition coefficient (Wildman–Crippen LogP) is 1.27. The largest absolute Gasteiger partial charge is 0.491 e. The molecule has 2 aromatic rings. The van der Waals surface area contributed by atoms with E-state index in [0.717, 1.165) is 0 Å². The Kier molecular flexibility index (Phi) is 4.56. The smallest absolute Gasteiger partial charge is 0.275 e. The maximum Gasteiger partial charge on any atom is 0.275 e. The van der Waals surface area contributed by atoms with Crippen molar-refractivity contribution >= 4 is 17.3 Å². The summed E-state index contributed by atoms with van der Waals surface area (Å²) in [5, 5.41) is 8.96. The molecule has 0 bridgehead atoms. The molecule has 0 aliphatic heterocycles. The molecule has 0 spiro atoms. The van der Waals surface area contributed by atoms with Gasteiger partial charge in [-0.3, -0.25) is 9.89 Å². The third-order valence-electron chi connectivity index (χ3n) is 2.54. The number of aromatic amines is 1. The molecule has 0 aliphatic carbocycles. The fourth-order valence-corrected chi connectivity index (χ4v) is 1.58. The van der Waals surface area contributed by atoms with Gasteiger partial charge in [0.25, 0.3) is 5.91 Å². The van der Waals surface area contributed by atoms with Crippen molar-refractivity contribution < 1.29 is 14.3 Å². The van der Waals surface area contributed by atoms with E-state index >= 15 is 0 Å². The van der Waals surface area contributed by atoms with Gasteiger partial charge in [-0.1, -0.05) is 6.07 Å². The van der Waals surface area contributed by atoms with E-state index in [1.807, 2.05) is 0 Å². The van der Waals surface area contributed by atoms with Crippen molar-refractivity contribution in [3.8, 4) is 5.75 Å². The summed E-state index contributed by atoms with van der Waals surface area (Å²) < 4.78 is 10.4. The van der Waals surface area contributed by atoms with Crippen LogP contribution in [0.15, 0.2) is 30.5 Å². The molecular formula is C13H16N4O3. The van der Waals surface area contributed by atoms with Crippen LogP contribution < -0.4 is 15.8 Å². The van der Waals surface area contributed by atoms with Crippen LogP contribution in [0.1, 0.15) is 10.5 Å². The molecule has 1 heterocycles. The van der Waals surface area contributed by atoms with Crippen molar-refractivity contribution in [3.63, 3.8) is 0 Å². The van der Waals surface area contributed by atoms with Crippen molar-refractivity contribution in [2.75, 3.05) is 31.4 Å². The number of nitrogens with zero attached hydrogens (tertiary/aromatic N) is 1. The number of nitrogens with one attached hydrogen (secondary N) is 2. The highest BCUT2D eigenvalue weighted by molar-refractivity contribution is 6.06. The van der Waals surface area contributed by atoms with Crippen molar-refractivity contribution in [3.05, 3.63) is 36.2 Å². The van der Waals surface area contributed by atoms with Crippen LogP contribution in [0.2, 0.25) is 0 Å². The Morgan fingerprint density at radius 3 is 3.00 bits per heavy atom. The fraction of sp³-hybridized carbons (Fsp3) is 0.231. The minimum absolute atomic E-state index is 0.232. The zero-order chi connectivity index (χ0) is 14.4. The molecule has 0 saturated heterocycles. The number of methoxy groups -OCH3 is 1. The van der Waals surface area contributed by atoms with Gasteiger partial charge in [0.2, 0.25) is 0 Å². The number of ether oxygens (including phenoxy) is 2. The van der Waals surface area contributed by atoms with Gasteiger partial charge in [-0.15, -0.1) is 0 Å². The van der Waals surface area contributed by atoms with E-state index in [9.17, 15) is 4.79 Å². The number of carbonyl (C=O) groups is 1. The Labute approximate surface area is 116 Å². The third kappa shape index (κ3) is 3.48. The number of aromatic nitrogens is 2. The topological polar surface area (TPSA) is 102 Å². The molecule has 1 amide bonds. The molecule has 20 heavy (non-hydrogen) atoms. The van der Waals surface area contributed by atoms with Gasteiger partial charge in [0, 0.05) is 18.9 Å². The lowest BCUT2D eigenvalue weighted by Gasteiger charge is -2.08. The standard InChI is InChI=1S/C13H16N4O3/c1-19-5-6-20-10-4-2-3-9(7-10)16-13(18)12-11(14)8-15-17-12/h2-4,7-8H,5-6,14H2,1H3,(H,15,17)(H,16,18). The summed E-state index contributed by atoms with van der Waals surface area (Å²) >= 11 is 0. The first kappa shape index (κ1) is 13.9. The maximum atomic E-state index is 11.9. The first-order valence-corrected chi connectivity index (χ1v) is 6.02. The number of benzene rings is 1. The zero-order valence-corrected chi connectivity index (χ0v) is 11.1. The normalized spacial score (nSPS) is 10.2. The van der Waals surface area contributed by atoms with Gasteiger partial charge >= 0.3 is 0 Å². The molecule has 0 atom stereocenters. The lowest BCUT2D eigenvalue weighted by molar-refractivity contribution is 0.102. The molecule has 0 fully saturated rings. The van der Waals surface area contributed by atoms with Crippen LogP contribution in [0.4, 0.5) is 11.4 Å². The highest BCUT2D eigenvalue weighted by atomic mass is 16.5. The zero-order valence-electron chi connectivity index (χ0n) is 11.1. The maximum absolute atomic E-state index is 11.9. The second-order valence-corrected chi connectivity index (χ2v) is 4.02. The van der Waals surface area contributed by atoms with Crippen LogP contribution in [0.3, 0.4) is 0 Å². The van der Waals surface area contributed by atoms with Crippen LogP contribution >= 0.6 is 0 Å². The second kappa shape index (κ2) is 6.58. The summed E-state index contributed by atoms with van der Waals surface area (Å²) in [6.07, 6.45) is 1.39. The molecule has 0 radical (unpaired) electrons. The Hall–Kier alpha value is -2.54. The van der Waals surface area contributed by atoms with E-state index in [0.29, 0.717) is 30.3 Å². The second-order valence-electron chi connectivity index (χ2n) is 4.02. The summed E-state index contributed by atoms with van der Waals surface area (Å²) in [6, 6.07) is 7.07. The average Bonchev–Trinajstić information content (AvgIpc) is 2.86. The first-order chi connectivity index (χ1) is 9.70. The van der Waals surface area contributed by atoms with E-state index in [-0.39, 0.29) is 11.6 Å². The van der Waals surface area contributed by atoms with Crippen molar-refractivity contribution in [1.82, 2.24) is 10.2 Å². The molecule has 0 saturated carbocycles. The molecule has 1 aromatic carbocycles. The first-order valence-electron chi connectivity index (χ1n) is 6.02. The SMILES string of the molecule is COCCOc1cccc(NC(=O)c2[nH]ncc2N)c1. The number of anilines is 2. The van der Waals surface area contributed by atoms with Crippen molar-refractivity contribution in [1.29, 1.82) is 0 Å². The van der Waals surface area contributed by atoms with Crippen LogP contribution in [0.25, 0.3) is 0 Å². The number of H-pyrrole nitrogens is 1. The van der Waals surface area contributed by atoms with E-state index in [1.165, 1.54) is 6.20 Å². The minimum Gasteiger partial charge on any atom is -0.491 e. The molecule has 0 unspecified atom stereocenters. The highest BCUT2D eigenvalue weighted by Gasteiger charge is 2.11. The van der Waals surface area contributed by atoms with Gasteiger partial charge in [-0.2, -0.15) is 5.10 Å². The summed E-state index contributed by atoms with van der Waals surface area (Å²) in [5.41, 5.74) is 6.76. The lowest BCUT2D eigenvalue weighted by atomic mass is 10.3. The van der Waals surface area contributed by atoms with Crippen LogP contribution in [0, 0.1) is 0 Å². The Balaban J connectivity index is 2.01. The quantitative estimate of drug-likeness (QED) is 0.689. The average molecular weight is 276 g/mol. The van der Waals surface area contributed by atoms with E-state index in [2.05, 4.69) is 15.5 Å². The Morgan fingerprint density at radius 1 is 1.45 bits per heavy atom. The Bertz CT molecular complexity index is 583. The Morgan fingerprint density at radius 2 is 2.30 bits per heavy atom. The molecule has 2 rings (SSSR count). The molecular weight excluding hydrogens is 260 g/mol. The predicted molar refractivity (Wildman–Crippen MR) is 74.8 cm³/mol. The molecule has 106 valence electrons. The fourth-order valence-electron chi connectivity index (χ4n) is 1.58. The lowest BCUT2D eigenvalue weighted by Crippen LogP contribution is -2.14. The van der Waals surface area contributed by atoms with Gasteiger partial charge in [0.05, 0.1) is 18.5 Å². The number of carbonyl (C=O) groups excluding carboxylic acids is 1. The number of hydrogen-bond donors (Lipinski definition) is 3. The summed E-state index contributed by atoms with van der Waals surface area (Å²) in [5.74, 6) is 0.298. The van der Waals surface area contributed by atoms with Crippen molar-refractivity contribution in [2.24, 2.45) is 0 Å². The summed E-state index contributed by atoms with van der Waals surface area (Å²) in [7, 11) is 1.61. The van der Waals surface area contributed by atoms with Gasteiger partial charge in [0.15, 0.2) is 0 Å². The highest BCUT2D eigenvalue weighted by Crippen LogP contribution is 2.18. The molecule has 7 nitrogen and oxygen atoms in total. The number of nitrogen functional groups attached to an aromatic ring is 1. The molecule has 7 heteroatoms. The third-order valence-corrected chi connectivity index (χ3v) is 2.54. The number of nitrogens with two attached hydrogens (primary N) is 1. The number of amides is 1. The summed E-state index contributed by atoms with van der Waals surface area (Å²) in [6.45, 7) is 0.947.